The van der Waals surface area contributed by atoms with Gasteiger partial charge in [-0.3, -0.25) is 0 Å². The molecule has 9 heteroatoms. The Morgan fingerprint density at radius 1 is 0.949 bits per heavy atom. The molecule has 0 radical (unpaired) electrons. The molecule has 3 heterocycles. The molecule has 3 aliphatic rings. The number of benzene rings is 2. The second-order valence-electron chi connectivity index (χ2n) is 11.0. The number of halogens is 3. The van der Waals surface area contributed by atoms with E-state index in [1.807, 2.05) is 0 Å². The highest BCUT2D eigenvalue weighted by atomic mass is 19.4. The number of likely N-dealkylation sites (tertiary alicyclic amines) is 1. The summed E-state index contributed by atoms with van der Waals surface area (Å²) in [5, 5.41) is 7.12. The van der Waals surface area contributed by atoms with Crippen molar-refractivity contribution in [1.82, 2.24) is 4.90 Å². The van der Waals surface area contributed by atoms with Crippen LogP contribution in [0.1, 0.15) is 63.5 Å². The lowest BCUT2D eigenvalue weighted by Gasteiger charge is -2.41. The summed E-state index contributed by atoms with van der Waals surface area (Å²) in [6, 6.07) is 17.5. The Morgan fingerprint density at radius 3 is 2.13 bits per heavy atom. The van der Waals surface area contributed by atoms with Gasteiger partial charge in [-0.25, -0.2) is 4.79 Å². The molecule has 39 heavy (non-hydrogen) atoms. The van der Waals surface area contributed by atoms with Gasteiger partial charge in [-0.1, -0.05) is 30.7 Å². The molecule has 5 rings (SSSR count). The van der Waals surface area contributed by atoms with Crippen molar-refractivity contribution in [2.75, 3.05) is 44.2 Å². The highest BCUT2D eigenvalue weighted by Crippen LogP contribution is 2.52. The summed E-state index contributed by atoms with van der Waals surface area (Å²) < 4.78 is 44.4. The molecule has 3 aliphatic heterocycles. The van der Waals surface area contributed by atoms with E-state index in [9.17, 15) is 13.2 Å². The number of hydrogen-bond donors (Lipinski definition) is 1. The van der Waals surface area contributed by atoms with E-state index in [2.05, 4.69) is 72.2 Å². The fraction of sp³-hybridized carbons (Fsp3) is 0.567. The highest BCUT2D eigenvalue weighted by Gasteiger charge is 2.49. The van der Waals surface area contributed by atoms with Crippen LogP contribution >= 0.6 is 0 Å². The molecular formula is C30H39F3N2O4. The minimum atomic E-state index is -5.08. The predicted octanol–water partition coefficient (Wildman–Crippen LogP) is 6.34. The molecule has 0 atom stereocenters. The van der Waals surface area contributed by atoms with Gasteiger partial charge >= 0.3 is 12.1 Å². The van der Waals surface area contributed by atoms with Gasteiger partial charge < -0.3 is 24.4 Å². The number of carboxylic acids is 1. The van der Waals surface area contributed by atoms with Crippen LogP contribution in [0, 0.1) is 0 Å². The average Bonchev–Trinajstić information content (AvgIpc) is 3.14. The molecule has 2 aromatic carbocycles. The first-order valence-electron chi connectivity index (χ1n) is 13.8. The average molecular weight is 549 g/mol. The first kappa shape index (κ1) is 29.2. The zero-order chi connectivity index (χ0) is 28.1. The zero-order valence-corrected chi connectivity index (χ0v) is 22.8. The number of alkyl halides is 3. The lowest BCUT2D eigenvalue weighted by atomic mass is 9.82. The smallest absolute Gasteiger partial charge is 0.490 e. The second-order valence-corrected chi connectivity index (χ2v) is 11.0. The quantitative estimate of drug-likeness (QED) is 0.426. The third-order valence-corrected chi connectivity index (χ3v) is 7.87. The maximum absolute atomic E-state index is 10.6. The lowest BCUT2D eigenvalue weighted by molar-refractivity contribution is -0.192. The monoisotopic (exact) mass is 548 g/mol. The molecule has 2 aromatic rings. The molecule has 6 nitrogen and oxygen atoms in total. The maximum Gasteiger partial charge on any atom is 0.490 e. The summed E-state index contributed by atoms with van der Waals surface area (Å²) in [5.74, 6) is -1.77. The molecule has 0 unspecified atom stereocenters. The van der Waals surface area contributed by atoms with E-state index in [0.29, 0.717) is 0 Å². The summed E-state index contributed by atoms with van der Waals surface area (Å²) in [4.78, 5) is 14.0. The molecule has 0 amide bonds. The van der Waals surface area contributed by atoms with Crippen LogP contribution < -0.4 is 9.64 Å². The number of nitrogens with zero attached hydrogens (tertiary/aromatic N) is 2. The van der Waals surface area contributed by atoms with Crippen LogP contribution in [0.25, 0.3) is 0 Å². The predicted molar refractivity (Wildman–Crippen MR) is 144 cm³/mol. The van der Waals surface area contributed by atoms with E-state index in [-0.39, 0.29) is 11.2 Å². The Hall–Kier alpha value is -2.78. The van der Waals surface area contributed by atoms with Crippen molar-refractivity contribution in [3.8, 4) is 5.75 Å². The van der Waals surface area contributed by atoms with Crippen LogP contribution in [-0.4, -0.2) is 61.5 Å². The summed E-state index contributed by atoms with van der Waals surface area (Å²) in [7, 11) is 0. The zero-order valence-electron chi connectivity index (χ0n) is 22.8. The van der Waals surface area contributed by atoms with Crippen molar-refractivity contribution in [2.45, 2.75) is 69.8 Å². The van der Waals surface area contributed by atoms with Gasteiger partial charge in [0, 0.05) is 25.3 Å². The van der Waals surface area contributed by atoms with Crippen molar-refractivity contribution in [2.24, 2.45) is 0 Å². The molecule has 214 valence electrons. The van der Waals surface area contributed by atoms with Gasteiger partial charge in [0.1, 0.15) is 5.75 Å². The molecular weight excluding hydrogens is 509 g/mol. The highest BCUT2D eigenvalue weighted by molar-refractivity contribution is 5.73. The van der Waals surface area contributed by atoms with Crippen LogP contribution in [0.2, 0.25) is 0 Å². The number of piperidine rings is 2. The SMILES string of the molecule is CC1(C)OC2(CCN(c3ccc(OCCCN4CCCCC4)cc3)CC2)c2ccccc21.O=C(O)C(F)(F)F. The Morgan fingerprint density at radius 2 is 1.54 bits per heavy atom. The maximum atomic E-state index is 10.6. The second kappa shape index (κ2) is 12.2. The van der Waals surface area contributed by atoms with Gasteiger partial charge in [-0.05, 0) is 94.4 Å². The van der Waals surface area contributed by atoms with E-state index in [1.165, 1.54) is 49.2 Å². The molecule has 0 bridgehead atoms. The van der Waals surface area contributed by atoms with Crippen LogP contribution in [0.5, 0.6) is 5.75 Å². The number of anilines is 1. The first-order valence-corrected chi connectivity index (χ1v) is 13.8. The van der Waals surface area contributed by atoms with Gasteiger partial charge in [0.15, 0.2) is 0 Å². The van der Waals surface area contributed by atoms with Crippen LogP contribution in [-0.2, 0) is 20.7 Å². The normalized spacial score (nSPS) is 20.2. The molecule has 0 aromatic heterocycles. The van der Waals surface area contributed by atoms with E-state index < -0.39 is 12.1 Å². The molecule has 0 saturated carbocycles. The number of hydrogen-bond acceptors (Lipinski definition) is 5. The Bertz CT molecular complexity index is 1090. The number of ether oxygens (including phenoxy) is 2. The Labute approximate surface area is 228 Å². The lowest BCUT2D eigenvalue weighted by Crippen LogP contribution is -2.43. The number of carbonyl (C=O) groups is 1. The minimum absolute atomic E-state index is 0.131. The van der Waals surface area contributed by atoms with E-state index in [4.69, 9.17) is 19.4 Å². The van der Waals surface area contributed by atoms with Gasteiger partial charge in [0.2, 0.25) is 0 Å². The summed E-state index contributed by atoms with van der Waals surface area (Å²) in [6.07, 6.45) is 2.19. The van der Waals surface area contributed by atoms with Crippen molar-refractivity contribution >= 4 is 11.7 Å². The number of aliphatic carboxylic acids is 1. The third-order valence-electron chi connectivity index (χ3n) is 7.87. The number of fused-ring (bicyclic) bond motifs is 2. The fourth-order valence-corrected chi connectivity index (χ4v) is 5.92. The van der Waals surface area contributed by atoms with Crippen molar-refractivity contribution in [3.05, 3.63) is 59.7 Å². The number of rotatable bonds is 6. The molecule has 1 N–H and O–H groups in total. The Balaban J connectivity index is 0.000000448. The molecule has 2 saturated heterocycles. The number of carboxylic acid groups (broad SMARTS) is 1. The molecule has 2 fully saturated rings. The van der Waals surface area contributed by atoms with Crippen LogP contribution in [0.3, 0.4) is 0 Å². The van der Waals surface area contributed by atoms with Gasteiger partial charge in [0.05, 0.1) is 17.8 Å². The van der Waals surface area contributed by atoms with Gasteiger partial charge in [0.25, 0.3) is 0 Å². The summed E-state index contributed by atoms with van der Waals surface area (Å²) >= 11 is 0. The van der Waals surface area contributed by atoms with Crippen molar-refractivity contribution < 1.29 is 32.5 Å². The van der Waals surface area contributed by atoms with Crippen molar-refractivity contribution in [3.63, 3.8) is 0 Å². The van der Waals surface area contributed by atoms with Gasteiger partial charge in [-0.15, -0.1) is 0 Å². The van der Waals surface area contributed by atoms with Crippen molar-refractivity contribution in [1.29, 1.82) is 0 Å². The minimum Gasteiger partial charge on any atom is -0.494 e. The third kappa shape index (κ3) is 7.25. The molecule has 1 spiro atoms. The fourth-order valence-electron chi connectivity index (χ4n) is 5.92. The summed E-state index contributed by atoms with van der Waals surface area (Å²) in [6.45, 7) is 10.9. The largest absolute Gasteiger partial charge is 0.494 e. The first-order chi connectivity index (χ1) is 18.5. The molecule has 0 aliphatic carbocycles. The van der Waals surface area contributed by atoms with E-state index in [1.54, 1.807) is 0 Å². The van der Waals surface area contributed by atoms with Crippen LogP contribution in [0.4, 0.5) is 18.9 Å². The van der Waals surface area contributed by atoms with E-state index >= 15 is 0 Å². The van der Waals surface area contributed by atoms with E-state index in [0.717, 1.165) is 51.3 Å². The van der Waals surface area contributed by atoms with Gasteiger partial charge in [-0.2, -0.15) is 13.2 Å². The standard InChI is InChI=1S/C28H38N2O2.C2HF3O2/c1-27(2)25-9-4-5-10-26(25)28(32-27)15-20-30(21-16-28)23-11-13-24(14-12-23)31-22-8-19-29-17-6-3-7-18-29;3-2(4,5)1(6)7/h4-5,9-14H,3,6-8,15-22H2,1-2H3;(H,6,7). The van der Waals surface area contributed by atoms with Crippen LogP contribution in [0.15, 0.2) is 48.5 Å². The topological polar surface area (TPSA) is 62.2 Å². The summed E-state index contributed by atoms with van der Waals surface area (Å²) in [5.41, 5.74) is 3.71. The Kier molecular flexibility index (Phi) is 9.11.